The minimum atomic E-state index is -1.05. The number of hydrogen-bond acceptors (Lipinski definition) is 3. The first-order chi connectivity index (χ1) is 11.3. The molecule has 0 fully saturated rings. The first kappa shape index (κ1) is 18.2. The summed E-state index contributed by atoms with van der Waals surface area (Å²) in [5, 5.41) is 3.27. The number of esters is 1. The van der Waals surface area contributed by atoms with Crippen LogP contribution in [0, 0.1) is 5.82 Å². The zero-order chi connectivity index (χ0) is 17.7. The monoisotopic (exact) mass is 369 g/mol. The third-order valence-corrected chi connectivity index (χ3v) is 3.54. The molecule has 2 aromatic rings. The molecule has 0 aliphatic heterocycles. The number of rotatable bonds is 5. The van der Waals surface area contributed by atoms with Crippen LogP contribution in [-0.2, 0) is 20.7 Å². The largest absolute Gasteiger partial charge is 0.452 e. The van der Waals surface area contributed by atoms with E-state index in [1.54, 1.807) is 6.07 Å². The Bertz CT molecular complexity index is 747. The van der Waals surface area contributed by atoms with Crippen molar-refractivity contribution < 1.29 is 18.7 Å². The number of anilines is 1. The maximum absolute atomic E-state index is 13.5. The quantitative estimate of drug-likeness (QED) is 0.801. The maximum atomic E-state index is 13.5. The van der Waals surface area contributed by atoms with Crippen molar-refractivity contribution in [2.75, 3.05) is 5.32 Å². The van der Waals surface area contributed by atoms with E-state index in [1.807, 2.05) is 0 Å². The van der Waals surface area contributed by atoms with Crippen molar-refractivity contribution in [3.05, 3.63) is 63.9 Å². The molecule has 0 unspecified atom stereocenters. The van der Waals surface area contributed by atoms with Crippen LogP contribution in [0.15, 0.2) is 42.5 Å². The van der Waals surface area contributed by atoms with Crippen LogP contribution in [0.3, 0.4) is 0 Å². The first-order valence-corrected chi connectivity index (χ1v) is 7.80. The van der Waals surface area contributed by atoms with Crippen LogP contribution < -0.4 is 5.32 Å². The van der Waals surface area contributed by atoms with Crippen LogP contribution >= 0.6 is 23.2 Å². The third kappa shape index (κ3) is 5.22. The molecule has 0 spiro atoms. The van der Waals surface area contributed by atoms with Crippen LogP contribution in [0.5, 0.6) is 0 Å². The van der Waals surface area contributed by atoms with E-state index >= 15 is 0 Å². The molecule has 0 saturated carbocycles. The van der Waals surface area contributed by atoms with E-state index in [0.717, 1.165) is 0 Å². The fourth-order valence-electron chi connectivity index (χ4n) is 1.96. The molecule has 4 nitrogen and oxygen atoms in total. The Morgan fingerprint density at radius 2 is 1.79 bits per heavy atom. The molecule has 0 aliphatic carbocycles. The van der Waals surface area contributed by atoms with Gasteiger partial charge in [-0.2, -0.15) is 0 Å². The number of benzene rings is 2. The van der Waals surface area contributed by atoms with Gasteiger partial charge in [0.2, 0.25) is 0 Å². The molecule has 0 aromatic heterocycles. The zero-order valence-electron chi connectivity index (χ0n) is 12.7. The van der Waals surface area contributed by atoms with E-state index in [1.165, 1.54) is 43.3 Å². The Morgan fingerprint density at radius 1 is 1.17 bits per heavy atom. The topological polar surface area (TPSA) is 55.4 Å². The third-order valence-electron chi connectivity index (χ3n) is 3.10. The van der Waals surface area contributed by atoms with Crippen molar-refractivity contribution in [1.82, 2.24) is 0 Å². The van der Waals surface area contributed by atoms with Gasteiger partial charge >= 0.3 is 5.97 Å². The van der Waals surface area contributed by atoms with E-state index < -0.39 is 23.8 Å². The van der Waals surface area contributed by atoms with Crippen molar-refractivity contribution in [3.8, 4) is 0 Å². The number of carbonyl (C=O) groups is 2. The average Bonchev–Trinajstić information content (AvgIpc) is 2.48. The van der Waals surface area contributed by atoms with Gasteiger partial charge in [-0.15, -0.1) is 0 Å². The first-order valence-electron chi connectivity index (χ1n) is 7.05. The molecule has 0 aliphatic rings. The van der Waals surface area contributed by atoms with Crippen molar-refractivity contribution in [2.24, 2.45) is 0 Å². The predicted octanol–water partition coefficient (Wildman–Crippen LogP) is 4.25. The number of carbonyl (C=O) groups excluding carboxylic acids is 2. The Hall–Kier alpha value is -2.11. The lowest BCUT2D eigenvalue weighted by molar-refractivity contribution is -0.152. The standard InChI is InChI=1S/C17H14Cl2FNO3/c1-10(17(23)21-14-8-12(18)7-13(19)9-14)24-16(22)6-11-4-2-3-5-15(11)20/h2-5,7-10H,6H2,1H3,(H,21,23)/t10-/m0/s1. The molecular weight excluding hydrogens is 356 g/mol. The van der Waals surface area contributed by atoms with Gasteiger partial charge in [0, 0.05) is 15.7 Å². The second kappa shape index (κ2) is 8.13. The minimum Gasteiger partial charge on any atom is -0.452 e. The summed E-state index contributed by atoms with van der Waals surface area (Å²) >= 11 is 11.7. The molecule has 0 bridgehead atoms. The van der Waals surface area contributed by atoms with Crippen molar-refractivity contribution in [1.29, 1.82) is 0 Å². The molecule has 24 heavy (non-hydrogen) atoms. The van der Waals surface area contributed by atoms with Crippen LogP contribution in [-0.4, -0.2) is 18.0 Å². The van der Waals surface area contributed by atoms with Crippen LogP contribution in [0.2, 0.25) is 10.0 Å². The van der Waals surface area contributed by atoms with Gasteiger partial charge in [0.15, 0.2) is 6.10 Å². The van der Waals surface area contributed by atoms with E-state index in [-0.39, 0.29) is 12.0 Å². The van der Waals surface area contributed by atoms with Crippen LogP contribution in [0.1, 0.15) is 12.5 Å². The molecule has 2 aromatic carbocycles. The minimum absolute atomic E-state index is 0.205. The average molecular weight is 370 g/mol. The molecule has 0 radical (unpaired) electrons. The number of halogens is 3. The van der Waals surface area contributed by atoms with Gasteiger partial charge in [0.1, 0.15) is 5.82 Å². The summed E-state index contributed by atoms with van der Waals surface area (Å²) in [6, 6.07) is 10.4. The van der Waals surface area contributed by atoms with Crippen LogP contribution in [0.25, 0.3) is 0 Å². The highest BCUT2D eigenvalue weighted by atomic mass is 35.5. The fraction of sp³-hybridized carbons (Fsp3) is 0.176. The molecule has 1 atom stereocenters. The highest BCUT2D eigenvalue weighted by molar-refractivity contribution is 6.35. The molecule has 7 heteroatoms. The lowest BCUT2D eigenvalue weighted by Gasteiger charge is -2.14. The summed E-state index contributed by atoms with van der Waals surface area (Å²) in [6.07, 6.45) is -1.31. The Balaban J connectivity index is 1.93. The Kier molecular flexibility index (Phi) is 6.17. The maximum Gasteiger partial charge on any atom is 0.311 e. The second-order valence-corrected chi connectivity index (χ2v) is 5.92. The summed E-state index contributed by atoms with van der Waals surface area (Å²) in [7, 11) is 0. The highest BCUT2D eigenvalue weighted by Gasteiger charge is 2.19. The summed E-state index contributed by atoms with van der Waals surface area (Å²) in [6.45, 7) is 1.42. The number of ether oxygens (including phenoxy) is 1. The SMILES string of the molecule is C[C@H](OC(=O)Cc1ccccc1F)C(=O)Nc1cc(Cl)cc(Cl)c1. The highest BCUT2D eigenvalue weighted by Crippen LogP contribution is 2.22. The van der Waals surface area contributed by atoms with Gasteiger partial charge in [0.25, 0.3) is 5.91 Å². The van der Waals surface area contributed by atoms with Crippen LogP contribution in [0.4, 0.5) is 10.1 Å². The van der Waals surface area contributed by atoms with Gasteiger partial charge < -0.3 is 10.1 Å². The lowest BCUT2D eigenvalue weighted by Crippen LogP contribution is -2.30. The number of amides is 1. The molecule has 1 amide bonds. The lowest BCUT2D eigenvalue weighted by atomic mass is 10.1. The summed E-state index contributed by atoms with van der Waals surface area (Å²) < 4.78 is 18.5. The molecule has 2 rings (SSSR count). The fourth-order valence-corrected chi connectivity index (χ4v) is 2.49. The summed E-state index contributed by atoms with van der Waals surface area (Å²) in [5.41, 5.74) is 0.589. The van der Waals surface area contributed by atoms with Crippen molar-refractivity contribution in [3.63, 3.8) is 0 Å². The Labute approximate surface area is 148 Å². The molecule has 0 heterocycles. The van der Waals surface area contributed by atoms with Crippen molar-refractivity contribution in [2.45, 2.75) is 19.4 Å². The van der Waals surface area contributed by atoms with E-state index in [0.29, 0.717) is 15.7 Å². The van der Waals surface area contributed by atoms with Gasteiger partial charge in [-0.1, -0.05) is 41.4 Å². The summed E-state index contributed by atoms with van der Waals surface area (Å²) in [4.78, 5) is 23.9. The normalized spacial score (nSPS) is 11.7. The van der Waals surface area contributed by atoms with E-state index in [2.05, 4.69) is 5.32 Å². The second-order valence-electron chi connectivity index (χ2n) is 5.05. The molecule has 0 saturated heterocycles. The molecule has 1 N–H and O–H groups in total. The van der Waals surface area contributed by atoms with E-state index in [9.17, 15) is 14.0 Å². The molecule has 126 valence electrons. The Morgan fingerprint density at radius 3 is 2.42 bits per heavy atom. The number of nitrogens with one attached hydrogen (secondary N) is 1. The predicted molar refractivity (Wildman–Crippen MR) is 90.7 cm³/mol. The van der Waals surface area contributed by atoms with E-state index in [4.69, 9.17) is 27.9 Å². The smallest absolute Gasteiger partial charge is 0.311 e. The van der Waals surface area contributed by atoms with Gasteiger partial charge in [0.05, 0.1) is 6.42 Å². The van der Waals surface area contributed by atoms with Gasteiger partial charge in [-0.3, -0.25) is 9.59 Å². The summed E-state index contributed by atoms with van der Waals surface area (Å²) in [5.74, 6) is -1.75. The molecular formula is C17H14Cl2FNO3. The number of hydrogen-bond donors (Lipinski definition) is 1. The van der Waals surface area contributed by atoms with Gasteiger partial charge in [-0.05, 0) is 36.8 Å². The van der Waals surface area contributed by atoms with Crippen molar-refractivity contribution >= 4 is 40.8 Å². The van der Waals surface area contributed by atoms with Gasteiger partial charge in [-0.25, -0.2) is 4.39 Å². The zero-order valence-corrected chi connectivity index (χ0v) is 14.2.